The standard InChI is InChI=1S/C12H16ClN3O2/c1-3-9(2)15-11(8-16(17)18)6-10-4-5-12(13)14-7-10/h4-5,7-9,15H,3,6H2,1-2H3/b11-8+. The topological polar surface area (TPSA) is 68.1 Å². The van der Waals surface area contributed by atoms with Crippen molar-refractivity contribution >= 4 is 11.6 Å². The van der Waals surface area contributed by atoms with Crippen molar-refractivity contribution in [3.8, 4) is 0 Å². The molecule has 98 valence electrons. The van der Waals surface area contributed by atoms with Crippen molar-refractivity contribution in [2.75, 3.05) is 0 Å². The van der Waals surface area contributed by atoms with E-state index in [1.807, 2.05) is 13.8 Å². The first-order chi connectivity index (χ1) is 8.51. The zero-order valence-corrected chi connectivity index (χ0v) is 11.1. The third-order valence-corrected chi connectivity index (χ3v) is 2.71. The Hall–Kier alpha value is -1.62. The smallest absolute Gasteiger partial charge is 0.253 e. The molecule has 0 aliphatic rings. The molecule has 5 nitrogen and oxygen atoms in total. The van der Waals surface area contributed by atoms with Gasteiger partial charge in [0.2, 0.25) is 0 Å². The number of nitrogens with zero attached hydrogens (tertiary/aromatic N) is 2. The van der Waals surface area contributed by atoms with Gasteiger partial charge in [0, 0.05) is 18.7 Å². The van der Waals surface area contributed by atoms with E-state index in [2.05, 4.69) is 10.3 Å². The van der Waals surface area contributed by atoms with E-state index in [-0.39, 0.29) is 6.04 Å². The number of pyridine rings is 1. The lowest BCUT2D eigenvalue weighted by Crippen LogP contribution is -2.26. The van der Waals surface area contributed by atoms with Crippen LogP contribution in [0.3, 0.4) is 0 Å². The third kappa shape index (κ3) is 5.14. The quantitative estimate of drug-likeness (QED) is 0.490. The summed E-state index contributed by atoms with van der Waals surface area (Å²) in [6, 6.07) is 3.67. The first-order valence-corrected chi connectivity index (χ1v) is 6.10. The zero-order chi connectivity index (χ0) is 13.5. The van der Waals surface area contributed by atoms with Gasteiger partial charge in [-0.1, -0.05) is 24.6 Å². The Balaban J connectivity index is 2.78. The molecule has 0 aromatic carbocycles. The van der Waals surface area contributed by atoms with Crippen LogP contribution in [0.15, 0.2) is 30.2 Å². The lowest BCUT2D eigenvalue weighted by atomic mass is 10.1. The maximum atomic E-state index is 10.6. The number of aromatic nitrogens is 1. The van der Waals surface area contributed by atoms with E-state index in [0.717, 1.165) is 18.2 Å². The second-order valence-electron chi connectivity index (χ2n) is 4.06. The summed E-state index contributed by atoms with van der Waals surface area (Å²) in [5.74, 6) is 0. The van der Waals surface area contributed by atoms with E-state index in [9.17, 15) is 10.1 Å². The van der Waals surface area contributed by atoms with Gasteiger partial charge in [0.15, 0.2) is 0 Å². The molecule has 0 bridgehead atoms. The molecule has 1 N–H and O–H groups in total. The third-order valence-electron chi connectivity index (χ3n) is 2.49. The van der Waals surface area contributed by atoms with Crippen molar-refractivity contribution in [2.24, 2.45) is 0 Å². The summed E-state index contributed by atoms with van der Waals surface area (Å²) < 4.78 is 0. The Kier molecular flexibility index (Phi) is 5.58. The molecule has 0 fully saturated rings. The second kappa shape index (κ2) is 6.96. The van der Waals surface area contributed by atoms with Crippen LogP contribution in [0.4, 0.5) is 0 Å². The van der Waals surface area contributed by atoms with Gasteiger partial charge < -0.3 is 5.32 Å². The van der Waals surface area contributed by atoms with Gasteiger partial charge in [-0.2, -0.15) is 0 Å². The van der Waals surface area contributed by atoms with E-state index < -0.39 is 4.92 Å². The SMILES string of the molecule is CCC(C)N/C(=C/[N+](=O)[O-])Cc1ccc(Cl)nc1. The molecular formula is C12H16ClN3O2. The highest BCUT2D eigenvalue weighted by Crippen LogP contribution is 2.10. The maximum absolute atomic E-state index is 10.6. The van der Waals surface area contributed by atoms with Gasteiger partial charge in [-0.15, -0.1) is 0 Å². The number of hydrogen-bond acceptors (Lipinski definition) is 4. The van der Waals surface area contributed by atoms with Gasteiger partial charge in [-0.3, -0.25) is 10.1 Å². The molecule has 18 heavy (non-hydrogen) atoms. The minimum atomic E-state index is -0.450. The van der Waals surface area contributed by atoms with Crippen molar-refractivity contribution in [2.45, 2.75) is 32.7 Å². The molecule has 0 amide bonds. The van der Waals surface area contributed by atoms with E-state index in [1.54, 1.807) is 18.3 Å². The van der Waals surface area contributed by atoms with E-state index in [4.69, 9.17) is 11.6 Å². The lowest BCUT2D eigenvalue weighted by Gasteiger charge is -2.14. The minimum absolute atomic E-state index is 0.191. The van der Waals surface area contributed by atoms with Crippen molar-refractivity contribution in [3.05, 3.63) is 51.1 Å². The van der Waals surface area contributed by atoms with E-state index in [1.165, 1.54) is 0 Å². The summed E-state index contributed by atoms with van der Waals surface area (Å²) in [5, 5.41) is 14.1. The van der Waals surface area contributed by atoms with Gasteiger partial charge in [0.05, 0.1) is 10.6 Å². The van der Waals surface area contributed by atoms with Crippen LogP contribution < -0.4 is 5.32 Å². The van der Waals surface area contributed by atoms with Gasteiger partial charge in [0.25, 0.3) is 6.20 Å². The molecular weight excluding hydrogens is 254 g/mol. The number of halogens is 1. The molecule has 1 unspecified atom stereocenters. The van der Waals surface area contributed by atoms with Crippen LogP contribution in [0, 0.1) is 10.1 Å². The number of nitrogens with one attached hydrogen (secondary N) is 1. The normalized spacial score (nSPS) is 13.2. The van der Waals surface area contributed by atoms with Crippen molar-refractivity contribution in [1.82, 2.24) is 10.3 Å². The summed E-state index contributed by atoms with van der Waals surface area (Å²) in [5.41, 5.74) is 1.45. The van der Waals surface area contributed by atoms with Crippen molar-refractivity contribution in [3.63, 3.8) is 0 Å². The first-order valence-electron chi connectivity index (χ1n) is 5.72. The molecule has 0 saturated heterocycles. The Morgan fingerprint density at radius 3 is 2.89 bits per heavy atom. The predicted octanol–water partition coefficient (Wildman–Crippen LogP) is 2.78. The molecule has 0 spiro atoms. The van der Waals surface area contributed by atoms with Crippen LogP contribution in [-0.4, -0.2) is 15.9 Å². The highest BCUT2D eigenvalue weighted by Gasteiger charge is 2.08. The molecule has 6 heteroatoms. The molecule has 1 rings (SSSR count). The molecule has 0 aliphatic heterocycles. The van der Waals surface area contributed by atoms with Gasteiger partial charge >= 0.3 is 0 Å². The van der Waals surface area contributed by atoms with Crippen LogP contribution in [0.25, 0.3) is 0 Å². The second-order valence-corrected chi connectivity index (χ2v) is 4.45. The fourth-order valence-corrected chi connectivity index (χ4v) is 1.52. The van der Waals surface area contributed by atoms with Crippen molar-refractivity contribution in [1.29, 1.82) is 0 Å². The van der Waals surface area contributed by atoms with Crippen LogP contribution in [0.1, 0.15) is 25.8 Å². The molecule has 1 aromatic heterocycles. The average molecular weight is 270 g/mol. The molecule has 0 radical (unpaired) electrons. The zero-order valence-electron chi connectivity index (χ0n) is 10.4. The minimum Gasteiger partial charge on any atom is -0.381 e. The summed E-state index contributed by atoms with van der Waals surface area (Å²) in [4.78, 5) is 14.1. The molecule has 1 atom stereocenters. The Morgan fingerprint density at radius 2 is 2.39 bits per heavy atom. The predicted molar refractivity (Wildman–Crippen MR) is 70.9 cm³/mol. The summed E-state index contributed by atoms with van der Waals surface area (Å²) >= 11 is 5.69. The van der Waals surface area contributed by atoms with Crippen LogP contribution >= 0.6 is 11.6 Å². The van der Waals surface area contributed by atoms with Crippen molar-refractivity contribution < 1.29 is 4.92 Å². The number of hydrogen-bond donors (Lipinski definition) is 1. The van der Waals surface area contributed by atoms with Gasteiger partial charge in [0.1, 0.15) is 5.15 Å². The Morgan fingerprint density at radius 1 is 1.67 bits per heavy atom. The largest absolute Gasteiger partial charge is 0.381 e. The fourth-order valence-electron chi connectivity index (χ4n) is 1.41. The number of rotatable bonds is 6. The Labute approximate surface area is 111 Å². The highest BCUT2D eigenvalue weighted by atomic mass is 35.5. The van der Waals surface area contributed by atoms with Crippen LogP contribution in [0.5, 0.6) is 0 Å². The fraction of sp³-hybridized carbons (Fsp3) is 0.417. The van der Waals surface area contributed by atoms with Gasteiger partial charge in [-0.25, -0.2) is 4.98 Å². The summed E-state index contributed by atoms with van der Waals surface area (Å²) in [6.07, 6.45) is 3.96. The summed E-state index contributed by atoms with van der Waals surface area (Å²) in [6.45, 7) is 4.00. The summed E-state index contributed by atoms with van der Waals surface area (Å²) in [7, 11) is 0. The van der Waals surface area contributed by atoms with Gasteiger partial charge in [-0.05, 0) is 25.0 Å². The molecule has 0 aliphatic carbocycles. The lowest BCUT2D eigenvalue weighted by molar-refractivity contribution is -0.403. The van der Waals surface area contributed by atoms with Crippen LogP contribution in [-0.2, 0) is 6.42 Å². The first kappa shape index (κ1) is 14.4. The Bertz CT molecular complexity index is 431. The molecule has 1 aromatic rings. The number of nitro groups is 1. The maximum Gasteiger partial charge on any atom is 0.253 e. The van der Waals surface area contributed by atoms with E-state index >= 15 is 0 Å². The van der Waals surface area contributed by atoms with Crippen LogP contribution in [0.2, 0.25) is 5.15 Å². The molecule has 1 heterocycles. The molecule has 0 saturated carbocycles. The monoisotopic (exact) mass is 269 g/mol. The van der Waals surface area contributed by atoms with E-state index in [0.29, 0.717) is 17.3 Å². The number of allylic oxidation sites excluding steroid dienone is 1. The average Bonchev–Trinajstić information content (AvgIpc) is 2.31. The highest BCUT2D eigenvalue weighted by molar-refractivity contribution is 6.29.